The highest BCUT2D eigenvalue weighted by Gasteiger charge is 2.23. The Bertz CT molecular complexity index is 1150. The van der Waals surface area contributed by atoms with Crippen LogP contribution < -0.4 is 10.1 Å². The molecule has 0 aliphatic heterocycles. The second-order valence-corrected chi connectivity index (χ2v) is 8.39. The van der Waals surface area contributed by atoms with Crippen molar-refractivity contribution in [2.45, 2.75) is 37.8 Å². The molecule has 30 heavy (non-hydrogen) atoms. The molecule has 0 bridgehead atoms. The summed E-state index contributed by atoms with van der Waals surface area (Å²) in [6.07, 6.45) is 10.4. The maximum atomic E-state index is 10.2. The van der Waals surface area contributed by atoms with Gasteiger partial charge in [0.05, 0.1) is 28.1 Å². The van der Waals surface area contributed by atoms with E-state index in [9.17, 15) is 5.11 Å². The summed E-state index contributed by atoms with van der Waals surface area (Å²) >= 11 is 1.58. The van der Waals surface area contributed by atoms with Gasteiger partial charge in [0, 0.05) is 36.3 Å². The number of aliphatic hydroxyl groups is 1. The van der Waals surface area contributed by atoms with Gasteiger partial charge in [0.1, 0.15) is 17.8 Å². The van der Waals surface area contributed by atoms with Gasteiger partial charge in [0.15, 0.2) is 5.13 Å². The number of hydrogen-bond acceptors (Lipinski definition) is 8. The molecule has 3 aromatic heterocycles. The number of rotatable bonds is 5. The summed E-state index contributed by atoms with van der Waals surface area (Å²) in [5, 5.41) is 14.4. The van der Waals surface area contributed by atoms with Crippen molar-refractivity contribution in [3.63, 3.8) is 0 Å². The number of hydrogen-bond donors (Lipinski definition) is 2. The van der Waals surface area contributed by atoms with Gasteiger partial charge in [-0.2, -0.15) is 0 Å². The third-order valence-electron chi connectivity index (χ3n) is 5.22. The van der Waals surface area contributed by atoms with Crippen molar-refractivity contribution in [3.05, 3.63) is 55.2 Å². The zero-order valence-corrected chi connectivity index (χ0v) is 17.0. The molecule has 0 amide bonds. The highest BCUT2D eigenvalue weighted by molar-refractivity contribution is 7.22. The third kappa shape index (κ3) is 4.10. The molecule has 1 unspecified atom stereocenters. The van der Waals surface area contributed by atoms with E-state index in [4.69, 9.17) is 4.74 Å². The summed E-state index contributed by atoms with van der Waals surface area (Å²) in [7, 11) is 0. The van der Waals surface area contributed by atoms with E-state index in [1.807, 2.05) is 30.3 Å². The Kier molecular flexibility index (Phi) is 5.25. The quantitative estimate of drug-likeness (QED) is 0.486. The first-order valence-corrected chi connectivity index (χ1v) is 10.8. The number of nitrogens with zero attached hydrogens (tertiary/aromatic N) is 4. The Morgan fingerprint density at radius 3 is 2.73 bits per heavy atom. The Balaban J connectivity index is 1.34. The van der Waals surface area contributed by atoms with Crippen LogP contribution in [0, 0.1) is 0 Å². The number of benzene rings is 1. The first-order valence-electron chi connectivity index (χ1n) is 9.99. The van der Waals surface area contributed by atoms with Crippen LogP contribution in [0.3, 0.4) is 0 Å². The molecule has 0 saturated heterocycles. The molecule has 152 valence electrons. The molecule has 1 aliphatic rings. The second-order valence-electron chi connectivity index (χ2n) is 7.36. The second kappa shape index (κ2) is 8.33. The molecule has 1 saturated carbocycles. The molecule has 5 rings (SSSR count). The molecule has 1 aliphatic carbocycles. The van der Waals surface area contributed by atoms with Gasteiger partial charge < -0.3 is 15.2 Å². The predicted molar refractivity (Wildman–Crippen MR) is 117 cm³/mol. The van der Waals surface area contributed by atoms with Gasteiger partial charge in [-0.25, -0.2) is 15.0 Å². The molecular weight excluding hydrogens is 398 g/mol. The van der Waals surface area contributed by atoms with Crippen molar-refractivity contribution < 1.29 is 9.84 Å². The highest BCUT2D eigenvalue weighted by atomic mass is 32.1. The Morgan fingerprint density at radius 2 is 1.87 bits per heavy atom. The first-order chi connectivity index (χ1) is 14.7. The van der Waals surface area contributed by atoms with Crippen LogP contribution in [0.5, 0.6) is 11.5 Å². The predicted octanol–water partition coefficient (Wildman–Crippen LogP) is 4.66. The maximum Gasteiger partial charge on any atom is 0.184 e. The van der Waals surface area contributed by atoms with E-state index in [1.165, 1.54) is 6.33 Å². The van der Waals surface area contributed by atoms with Crippen LogP contribution in [0.2, 0.25) is 0 Å². The van der Waals surface area contributed by atoms with Gasteiger partial charge in [-0.05, 0) is 31.0 Å². The molecule has 2 N–H and O–H groups in total. The minimum Gasteiger partial charge on any atom is -0.457 e. The lowest BCUT2D eigenvalue weighted by Gasteiger charge is -2.27. The van der Waals surface area contributed by atoms with Crippen LogP contribution >= 0.6 is 11.3 Å². The monoisotopic (exact) mass is 419 g/mol. The van der Waals surface area contributed by atoms with Crippen molar-refractivity contribution in [3.8, 4) is 22.8 Å². The number of anilines is 1. The van der Waals surface area contributed by atoms with Crippen molar-refractivity contribution in [2.75, 3.05) is 5.32 Å². The van der Waals surface area contributed by atoms with Gasteiger partial charge in [0.2, 0.25) is 0 Å². The summed E-state index contributed by atoms with van der Waals surface area (Å²) in [6.45, 7) is 0. The smallest absolute Gasteiger partial charge is 0.184 e. The number of aromatic nitrogens is 4. The van der Waals surface area contributed by atoms with Crippen LogP contribution in [0.1, 0.15) is 25.7 Å². The fraction of sp³-hybridized carbons (Fsp3) is 0.273. The number of pyridine rings is 1. The lowest BCUT2D eigenvalue weighted by Crippen LogP contribution is -2.36. The largest absolute Gasteiger partial charge is 0.457 e. The van der Waals surface area contributed by atoms with Crippen LogP contribution in [0.25, 0.3) is 21.5 Å². The topological polar surface area (TPSA) is 93.0 Å². The number of fused-ring (bicyclic) bond motifs is 1. The SMILES string of the molecule is OC1CCCC[C@H]1Nc1nc2ccc(Oc3ccnc(-c4cncnc4)c3)cc2s1. The minimum atomic E-state index is -0.305. The van der Waals surface area contributed by atoms with Crippen LogP contribution in [0.15, 0.2) is 55.2 Å². The van der Waals surface area contributed by atoms with E-state index in [1.54, 1.807) is 29.9 Å². The fourth-order valence-electron chi connectivity index (χ4n) is 3.67. The molecule has 2 atom stereocenters. The molecule has 8 heteroatoms. The highest BCUT2D eigenvalue weighted by Crippen LogP contribution is 2.33. The molecule has 1 aromatic carbocycles. The van der Waals surface area contributed by atoms with E-state index < -0.39 is 0 Å². The summed E-state index contributed by atoms with van der Waals surface area (Å²) in [5.74, 6) is 1.42. The van der Waals surface area contributed by atoms with Gasteiger partial charge in [0.25, 0.3) is 0 Å². The number of nitrogens with one attached hydrogen (secondary N) is 1. The van der Waals surface area contributed by atoms with Crippen LogP contribution in [-0.4, -0.2) is 37.2 Å². The van der Waals surface area contributed by atoms with Gasteiger partial charge in [-0.1, -0.05) is 24.2 Å². The Labute approximate surface area is 177 Å². The minimum absolute atomic E-state index is 0.0761. The Hall–Kier alpha value is -3.10. The first kappa shape index (κ1) is 18.9. The van der Waals surface area contributed by atoms with E-state index in [0.29, 0.717) is 5.75 Å². The van der Waals surface area contributed by atoms with Crippen molar-refractivity contribution >= 4 is 26.7 Å². The summed E-state index contributed by atoms with van der Waals surface area (Å²) in [6, 6.07) is 9.62. The molecule has 3 heterocycles. The number of ether oxygens (including phenoxy) is 1. The van der Waals surface area contributed by atoms with E-state index in [0.717, 1.165) is 58.0 Å². The number of aliphatic hydroxyl groups excluding tert-OH is 1. The summed E-state index contributed by atoms with van der Waals surface area (Å²) in [5.41, 5.74) is 2.50. The fourth-order valence-corrected chi connectivity index (χ4v) is 4.62. The van der Waals surface area contributed by atoms with Gasteiger partial charge >= 0.3 is 0 Å². The summed E-state index contributed by atoms with van der Waals surface area (Å²) in [4.78, 5) is 17.1. The summed E-state index contributed by atoms with van der Waals surface area (Å²) < 4.78 is 7.10. The Morgan fingerprint density at radius 1 is 1.03 bits per heavy atom. The van der Waals surface area contributed by atoms with E-state index in [-0.39, 0.29) is 12.1 Å². The lowest BCUT2D eigenvalue weighted by atomic mass is 9.93. The maximum absolute atomic E-state index is 10.2. The van der Waals surface area contributed by atoms with Gasteiger partial charge in [-0.15, -0.1) is 0 Å². The number of thiazole rings is 1. The van der Waals surface area contributed by atoms with Crippen molar-refractivity contribution in [1.82, 2.24) is 19.9 Å². The van der Waals surface area contributed by atoms with E-state index >= 15 is 0 Å². The standard InChI is InChI=1S/C22H21N5O2S/c28-20-4-2-1-3-17(20)26-22-27-18-6-5-15(10-21(18)30-22)29-16-7-8-25-19(9-16)14-11-23-13-24-12-14/h5-13,17,20,28H,1-4H2,(H,26,27)/t17-,20?/m1/s1. The molecule has 0 spiro atoms. The lowest BCUT2D eigenvalue weighted by molar-refractivity contribution is 0.116. The molecule has 1 fully saturated rings. The third-order valence-corrected chi connectivity index (χ3v) is 6.17. The zero-order valence-electron chi connectivity index (χ0n) is 16.2. The van der Waals surface area contributed by atoms with Crippen molar-refractivity contribution in [1.29, 1.82) is 0 Å². The molecule has 7 nitrogen and oxygen atoms in total. The average molecular weight is 420 g/mol. The molecule has 0 radical (unpaired) electrons. The van der Waals surface area contributed by atoms with Gasteiger partial charge in [-0.3, -0.25) is 4.98 Å². The van der Waals surface area contributed by atoms with Crippen molar-refractivity contribution in [2.24, 2.45) is 0 Å². The normalized spacial score (nSPS) is 19.0. The average Bonchev–Trinajstić information content (AvgIpc) is 3.18. The molecule has 4 aromatic rings. The molecular formula is C22H21N5O2S. The van der Waals surface area contributed by atoms with Crippen LogP contribution in [0.4, 0.5) is 5.13 Å². The van der Waals surface area contributed by atoms with Crippen LogP contribution in [-0.2, 0) is 0 Å². The van der Waals surface area contributed by atoms with E-state index in [2.05, 4.69) is 25.3 Å². The zero-order chi connectivity index (χ0) is 20.3.